The molecule has 0 radical (unpaired) electrons. The summed E-state index contributed by atoms with van der Waals surface area (Å²) in [6.45, 7) is 16.2. The molecule has 39 heavy (non-hydrogen) atoms. The Morgan fingerprint density at radius 1 is 0.897 bits per heavy atom. The fourth-order valence-corrected chi connectivity index (χ4v) is 10.4. The molecule has 1 aromatic heterocycles. The predicted molar refractivity (Wildman–Crippen MR) is 164 cm³/mol. The predicted octanol–water partition coefficient (Wildman–Crippen LogP) is 6.21. The Kier molecular flexibility index (Phi) is 9.29. The second-order valence-corrected chi connectivity index (χ2v) is 16.7. The Labute approximate surface area is 236 Å². The summed E-state index contributed by atoms with van der Waals surface area (Å²) in [5.41, 5.74) is 0.974. The van der Waals surface area contributed by atoms with Crippen molar-refractivity contribution in [3.8, 4) is 5.75 Å². The Hall–Kier alpha value is -2.96. The highest BCUT2D eigenvalue weighted by atomic mass is 28.4. The van der Waals surface area contributed by atoms with Gasteiger partial charge in [-0.3, -0.25) is 0 Å². The number of rotatable bonds is 10. The first-order valence-electron chi connectivity index (χ1n) is 14.3. The standard InChI is InChI=1S/C33H45N3O2Si/c1-24(2)20-26-18-19-30(32-34-21-27(22-35-32)38-25(3)4)36-31(26)23-37-39(33(5,6)7,28-14-10-8-11-15-28)29-16-12-9-13-17-29/h8-17,19,21-22,24-26,31,36H,18,20,23H2,1-7H3. The molecular weight excluding hydrogens is 498 g/mol. The van der Waals surface area contributed by atoms with Gasteiger partial charge in [-0.2, -0.15) is 0 Å². The first kappa shape index (κ1) is 29.0. The first-order valence-corrected chi connectivity index (χ1v) is 16.2. The molecule has 1 aliphatic rings. The molecule has 0 saturated heterocycles. The number of nitrogens with zero attached hydrogens (tertiary/aromatic N) is 2. The van der Waals surface area contributed by atoms with E-state index in [0.29, 0.717) is 30.0 Å². The first-order chi connectivity index (χ1) is 18.6. The van der Waals surface area contributed by atoms with E-state index in [-0.39, 0.29) is 17.2 Å². The third-order valence-corrected chi connectivity index (χ3v) is 12.5. The topological polar surface area (TPSA) is 56.3 Å². The van der Waals surface area contributed by atoms with Crippen LogP contribution in [0.1, 0.15) is 67.1 Å². The quantitative estimate of drug-likeness (QED) is 0.308. The van der Waals surface area contributed by atoms with Crippen molar-refractivity contribution in [1.29, 1.82) is 0 Å². The van der Waals surface area contributed by atoms with Crippen molar-refractivity contribution in [3.63, 3.8) is 0 Å². The number of ether oxygens (including phenoxy) is 1. The van der Waals surface area contributed by atoms with Crippen LogP contribution in [0.2, 0.25) is 5.04 Å². The van der Waals surface area contributed by atoms with Gasteiger partial charge in [-0.05, 0) is 53.9 Å². The summed E-state index contributed by atoms with van der Waals surface area (Å²) < 4.78 is 13.1. The van der Waals surface area contributed by atoms with E-state index in [1.165, 1.54) is 10.4 Å². The summed E-state index contributed by atoms with van der Waals surface area (Å²) in [6, 6.07) is 21.9. The maximum Gasteiger partial charge on any atom is 0.261 e. The maximum absolute atomic E-state index is 7.35. The van der Waals surface area contributed by atoms with Gasteiger partial charge in [0.05, 0.1) is 36.8 Å². The molecule has 0 spiro atoms. The molecule has 208 valence electrons. The van der Waals surface area contributed by atoms with E-state index in [1.807, 2.05) is 13.8 Å². The van der Waals surface area contributed by atoms with Crippen molar-refractivity contribution in [1.82, 2.24) is 15.3 Å². The van der Waals surface area contributed by atoms with Crippen LogP contribution in [0.5, 0.6) is 5.75 Å². The van der Waals surface area contributed by atoms with Crippen molar-refractivity contribution < 1.29 is 9.16 Å². The smallest absolute Gasteiger partial charge is 0.261 e. The van der Waals surface area contributed by atoms with Crippen LogP contribution >= 0.6 is 0 Å². The third-order valence-electron chi connectivity index (χ3n) is 7.45. The number of allylic oxidation sites excluding steroid dienone is 1. The summed E-state index contributed by atoms with van der Waals surface area (Å²) in [4.78, 5) is 9.24. The average Bonchev–Trinajstić information content (AvgIpc) is 2.90. The van der Waals surface area contributed by atoms with Crippen molar-refractivity contribution in [2.45, 2.75) is 78.5 Å². The fourth-order valence-electron chi connectivity index (χ4n) is 5.77. The number of aromatic nitrogens is 2. The zero-order valence-corrected chi connectivity index (χ0v) is 25.6. The van der Waals surface area contributed by atoms with Crippen molar-refractivity contribution in [2.75, 3.05) is 6.61 Å². The minimum atomic E-state index is -2.63. The van der Waals surface area contributed by atoms with Crippen molar-refractivity contribution >= 4 is 24.4 Å². The molecule has 1 N–H and O–H groups in total. The molecule has 5 nitrogen and oxygen atoms in total. The lowest BCUT2D eigenvalue weighted by Crippen LogP contribution is -2.67. The van der Waals surface area contributed by atoms with Gasteiger partial charge in [0.15, 0.2) is 11.6 Å². The highest BCUT2D eigenvalue weighted by Crippen LogP contribution is 2.38. The maximum atomic E-state index is 7.35. The van der Waals surface area contributed by atoms with Crippen molar-refractivity contribution in [2.24, 2.45) is 11.8 Å². The van der Waals surface area contributed by atoms with Gasteiger partial charge in [0.25, 0.3) is 8.32 Å². The molecule has 2 aromatic carbocycles. The average molecular weight is 544 g/mol. The molecule has 6 heteroatoms. The van der Waals surface area contributed by atoms with Gasteiger partial charge >= 0.3 is 0 Å². The number of nitrogens with one attached hydrogen (secondary N) is 1. The minimum Gasteiger partial charge on any atom is -0.488 e. The molecule has 4 rings (SSSR count). The molecule has 2 atom stereocenters. The molecule has 2 heterocycles. The third kappa shape index (κ3) is 6.79. The Morgan fingerprint density at radius 2 is 1.46 bits per heavy atom. The number of hydrogen-bond acceptors (Lipinski definition) is 5. The molecule has 3 aromatic rings. The summed E-state index contributed by atoms with van der Waals surface area (Å²) >= 11 is 0. The van der Waals surface area contributed by atoms with E-state index in [9.17, 15) is 0 Å². The van der Waals surface area contributed by atoms with Gasteiger partial charge in [0.2, 0.25) is 0 Å². The van der Waals surface area contributed by atoms with Crippen LogP contribution in [-0.2, 0) is 4.43 Å². The highest BCUT2D eigenvalue weighted by Gasteiger charge is 2.50. The SMILES string of the molecule is CC(C)CC1CC=C(c2ncc(OC(C)C)cn2)NC1CO[Si](c1ccccc1)(c1ccccc1)C(C)(C)C. The second kappa shape index (κ2) is 12.5. The van der Waals surface area contributed by atoms with Gasteiger partial charge in [0, 0.05) is 0 Å². The molecule has 0 saturated carbocycles. The number of hydrogen-bond donors (Lipinski definition) is 1. The van der Waals surface area contributed by atoms with E-state index in [1.54, 1.807) is 12.4 Å². The number of benzene rings is 2. The van der Waals surface area contributed by atoms with Crippen LogP contribution < -0.4 is 20.4 Å². The molecule has 2 unspecified atom stereocenters. The monoisotopic (exact) mass is 543 g/mol. The molecule has 0 aliphatic carbocycles. The van der Waals surface area contributed by atoms with Crippen LogP contribution in [0.3, 0.4) is 0 Å². The van der Waals surface area contributed by atoms with E-state index in [4.69, 9.17) is 9.16 Å². The zero-order valence-electron chi connectivity index (χ0n) is 24.6. The summed E-state index contributed by atoms with van der Waals surface area (Å²) in [6.07, 6.45) is 7.98. The van der Waals surface area contributed by atoms with Gasteiger partial charge in [-0.25, -0.2) is 9.97 Å². The lowest BCUT2D eigenvalue weighted by atomic mass is 9.85. The molecule has 0 bridgehead atoms. The Morgan fingerprint density at radius 3 is 1.95 bits per heavy atom. The molecule has 1 aliphatic heterocycles. The summed E-state index contributed by atoms with van der Waals surface area (Å²) in [7, 11) is -2.63. The van der Waals surface area contributed by atoms with E-state index < -0.39 is 8.32 Å². The summed E-state index contributed by atoms with van der Waals surface area (Å²) in [5.74, 6) is 2.46. The normalized spacial score (nSPS) is 18.1. The zero-order chi connectivity index (χ0) is 28.0. The molecular formula is C33H45N3O2Si. The van der Waals surface area contributed by atoms with Gasteiger partial charge < -0.3 is 14.5 Å². The summed E-state index contributed by atoms with van der Waals surface area (Å²) in [5, 5.41) is 6.35. The van der Waals surface area contributed by atoms with E-state index in [2.05, 4.69) is 117 Å². The van der Waals surface area contributed by atoms with E-state index >= 15 is 0 Å². The lowest BCUT2D eigenvalue weighted by Gasteiger charge is -2.45. The minimum absolute atomic E-state index is 0.0635. The van der Waals surface area contributed by atoms with Gasteiger partial charge in [0.1, 0.15) is 0 Å². The fraction of sp³-hybridized carbons (Fsp3) is 0.455. The highest BCUT2D eigenvalue weighted by molar-refractivity contribution is 6.99. The Bertz CT molecular complexity index is 1170. The van der Waals surface area contributed by atoms with Crippen molar-refractivity contribution in [3.05, 3.63) is 85.0 Å². The van der Waals surface area contributed by atoms with Crippen LogP contribution in [0, 0.1) is 11.8 Å². The van der Waals surface area contributed by atoms with Crippen LogP contribution in [-0.4, -0.2) is 37.0 Å². The Balaban J connectivity index is 1.66. The van der Waals surface area contributed by atoms with Crippen LogP contribution in [0.15, 0.2) is 79.1 Å². The van der Waals surface area contributed by atoms with Crippen LogP contribution in [0.4, 0.5) is 0 Å². The molecule has 0 amide bonds. The second-order valence-electron chi connectivity index (χ2n) is 12.4. The van der Waals surface area contributed by atoms with Gasteiger partial charge in [-0.1, -0.05) is 101 Å². The van der Waals surface area contributed by atoms with Gasteiger partial charge in [-0.15, -0.1) is 0 Å². The largest absolute Gasteiger partial charge is 0.488 e. The van der Waals surface area contributed by atoms with E-state index in [0.717, 1.165) is 18.5 Å². The lowest BCUT2D eigenvalue weighted by molar-refractivity contribution is 0.199. The van der Waals surface area contributed by atoms with Crippen LogP contribution in [0.25, 0.3) is 5.70 Å². The molecule has 0 fully saturated rings.